The van der Waals surface area contributed by atoms with Crippen LogP contribution in [0.25, 0.3) is 11.3 Å². The summed E-state index contributed by atoms with van der Waals surface area (Å²) < 4.78 is 16.8. The van der Waals surface area contributed by atoms with Crippen molar-refractivity contribution in [2.45, 2.75) is 33.4 Å². The zero-order valence-electron chi connectivity index (χ0n) is 17.9. The van der Waals surface area contributed by atoms with E-state index in [1.54, 1.807) is 0 Å². The van der Waals surface area contributed by atoms with Gasteiger partial charge in [-0.05, 0) is 67.9 Å². The molecule has 0 aliphatic carbocycles. The average Bonchev–Trinajstić information content (AvgIpc) is 3.39. The van der Waals surface area contributed by atoms with Crippen LogP contribution in [-0.4, -0.2) is 11.1 Å². The highest BCUT2D eigenvalue weighted by molar-refractivity contribution is 6.30. The zero-order valence-corrected chi connectivity index (χ0v) is 18.6. The lowest BCUT2D eigenvalue weighted by molar-refractivity contribution is -0.120. The molecule has 1 N–H and O–H groups in total. The lowest BCUT2D eigenvalue weighted by Gasteiger charge is -2.07. The fourth-order valence-corrected chi connectivity index (χ4v) is 3.37. The number of rotatable bonds is 8. The average molecular weight is 451 g/mol. The summed E-state index contributed by atoms with van der Waals surface area (Å²) in [5, 5.41) is 7.49. The molecule has 6 nitrogen and oxygen atoms in total. The van der Waals surface area contributed by atoms with Gasteiger partial charge >= 0.3 is 0 Å². The summed E-state index contributed by atoms with van der Waals surface area (Å²) in [5.74, 6) is 2.82. The van der Waals surface area contributed by atoms with Crippen LogP contribution in [0.4, 0.5) is 0 Å². The third kappa shape index (κ3) is 5.39. The first kappa shape index (κ1) is 21.7. The number of aromatic nitrogens is 1. The first-order valence-corrected chi connectivity index (χ1v) is 10.6. The Morgan fingerprint density at radius 2 is 1.78 bits per heavy atom. The van der Waals surface area contributed by atoms with Gasteiger partial charge in [0.2, 0.25) is 5.91 Å². The number of hydrogen-bond acceptors (Lipinski definition) is 5. The van der Waals surface area contributed by atoms with Crippen LogP contribution in [0.1, 0.15) is 28.3 Å². The molecule has 32 heavy (non-hydrogen) atoms. The van der Waals surface area contributed by atoms with Crippen molar-refractivity contribution >= 4 is 17.5 Å². The molecular weight excluding hydrogens is 428 g/mol. The van der Waals surface area contributed by atoms with Crippen molar-refractivity contribution in [3.8, 4) is 17.1 Å². The van der Waals surface area contributed by atoms with Crippen LogP contribution < -0.4 is 10.1 Å². The second-order valence-corrected chi connectivity index (χ2v) is 7.90. The van der Waals surface area contributed by atoms with E-state index in [1.807, 2.05) is 74.5 Å². The Balaban J connectivity index is 1.26. The van der Waals surface area contributed by atoms with Crippen LogP contribution in [-0.2, 0) is 24.4 Å². The zero-order chi connectivity index (χ0) is 22.5. The SMILES string of the molecule is Cc1noc(C)c1COc1ccc(CC(=O)NCc2ccc(-c3ccc(Cl)cc3)o2)cc1. The number of nitrogens with one attached hydrogen (secondary N) is 1. The maximum atomic E-state index is 12.3. The monoisotopic (exact) mass is 450 g/mol. The molecule has 4 aromatic rings. The lowest BCUT2D eigenvalue weighted by Crippen LogP contribution is -2.24. The molecular formula is C25H23ClN2O4. The van der Waals surface area contributed by atoms with Gasteiger partial charge in [0.1, 0.15) is 29.6 Å². The minimum absolute atomic E-state index is 0.0844. The second kappa shape index (κ2) is 9.75. The topological polar surface area (TPSA) is 77.5 Å². The van der Waals surface area contributed by atoms with E-state index >= 15 is 0 Å². The van der Waals surface area contributed by atoms with E-state index in [0.29, 0.717) is 23.9 Å². The van der Waals surface area contributed by atoms with Gasteiger partial charge < -0.3 is 19.0 Å². The van der Waals surface area contributed by atoms with Crippen LogP contribution in [0, 0.1) is 13.8 Å². The second-order valence-electron chi connectivity index (χ2n) is 7.46. The minimum atomic E-state index is -0.0844. The molecule has 0 aliphatic heterocycles. The molecule has 0 fully saturated rings. The Kier molecular flexibility index (Phi) is 6.61. The summed E-state index contributed by atoms with van der Waals surface area (Å²) in [5.41, 5.74) is 3.61. The largest absolute Gasteiger partial charge is 0.489 e. The number of ether oxygens (including phenoxy) is 1. The summed E-state index contributed by atoms with van der Waals surface area (Å²) in [4.78, 5) is 12.3. The number of halogens is 1. The van der Waals surface area contributed by atoms with Gasteiger partial charge in [-0.15, -0.1) is 0 Å². The maximum Gasteiger partial charge on any atom is 0.224 e. The number of furan rings is 1. The van der Waals surface area contributed by atoms with Crippen molar-refractivity contribution in [2.24, 2.45) is 0 Å². The lowest BCUT2D eigenvalue weighted by atomic mass is 10.1. The van der Waals surface area contributed by atoms with Crippen LogP contribution in [0.15, 0.2) is 69.6 Å². The van der Waals surface area contributed by atoms with Gasteiger partial charge in [-0.25, -0.2) is 0 Å². The highest BCUT2D eigenvalue weighted by Crippen LogP contribution is 2.24. The molecule has 0 atom stereocenters. The summed E-state index contributed by atoms with van der Waals surface area (Å²) in [6.45, 7) is 4.47. The molecule has 4 rings (SSSR count). The van der Waals surface area contributed by atoms with Gasteiger partial charge in [-0.1, -0.05) is 28.9 Å². The molecule has 0 bridgehead atoms. The molecule has 0 aliphatic rings. The van der Waals surface area contributed by atoms with E-state index < -0.39 is 0 Å². The molecule has 0 radical (unpaired) electrons. The van der Waals surface area contributed by atoms with E-state index in [9.17, 15) is 4.79 Å². The Hall–Kier alpha value is -3.51. The summed E-state index contributed by atoms with van der Waals surface area (Å²) in [6.07, 6.45) is 0.273. The first-order chi connectivity index (χ1) is 15.5. The molecule has 0 unspecified atom stereocenters. The molecule has 2 aromatic heterocycles. The van der Waals surface area contributed by atoms with Crippen LogP contribution in [0.5, 0.6) is 5.75 Å². The van der Waals surface area contributed by atoms with E-state index in [0.717, 1.165) is 39.7 Å². The van der Waals surface area contributed by atoms with E-state index in [4.69, 9.17) is 25.3 Å². The number of hydrogen-bond donors (Lipinski definition) is 1. The number of amides is 1. The highest BCUT2D eigenvalue weighted by atomic mass is 35.5. The number of carbonyl (C=O) groups excluding carboxylic acids is 1. The minimum Gasteiger partial charge on any atom is -0.489 e. The van der Waals surface area contributed by atoms with Gasteiger partial charge in [-0.2, -0.15) is 0 Å². The normalized spacial score (nSPS) is 10.8. The molecule has 0 spiro atoms. The highest BCUT2D eigenvalue weighted by Gasteiger charge is 2.10. The molecule has 2 aromatic carbocycles. The van der Waals surface area contributed by atoms with E-state index in [-0.39, 0.29) is 12.3 Å². The van der Waals surface area contributed by atoms with Gasteiger partial charge in [0.25, 0.3) is 0 Å². The number of carbonyl (C=O) groups is 1. The number of benzene rings is 2. The molecule has 7 heteroatoms. The standard InChI is InChI=1S/C25H23ClN2O4/c1-16-23(17(2)32-28-16)15-30-21-9-3-18(4-10-21)13-25(29)27-14-22-11-12-24(31-22)19-5-7-20(26)8-6-19/h3-12H,13-15H2,1-2H3,(H,27,29). The first-order valence-electron chi connectivity index (χ1n) is 10.2. The van der Waals surface area contributed by atoms with Crippen LogP contribution in [0.3, 0.4) is 0 Å². The van der Waals surface area contributed by atoms with Crippen molar-refractivity contribution in [3.05, 3.63) is 94.0 Å². The summed E-state index contributed by atoms with van der Waals surface area (Å²) in [6, 6.07) is 18.6. The third-order valence-corrected chi connectivity index (χ3v) is 5.35. The van der Waals surface area contributed by atoms with Crippen molar-refractivity contribution in [1.82, 2.24) is 10.5 Å². The molecule has 0 saturated carbocycles. The van der Waals surface area contributed by atoms with Crippen LogP contribution in [0.2, 0.25) is 5.02 Å². The van der Waals surface area contributed by atoms with Gasteiger partial charge in [0.05, 0.1) is 24.2 Å². The van der Waals surface area contributed by atoms with Gasteiger partial charge in [0.15, 0.2) is 0 Å². The Labute approximate surface area is 191 Å². The predicted molar refractivity (Wildman–Crippen MR) is 121 cm³/mol. The van der Waals surface area contributed by atoms with Gasteiger partial charge in [0, 0.05) is 10.6 Å². The number of nitrogens with zero attached hydrogens (tertiary/aromatic N) is 1. The fourth-order valence-electron chi connectivity index (χ4n) is 3.24. The van der Waals surface area contributed by atoms with Crippen LogP contribution >= 0.6 is 11.6 Å². The van der Waals surface area contributed by atoms with Crippen molar-refractivity contribution in [3.63, 3.8) is 0 Å². The van der Waals surface area contributed by atoms with Gasteiger partial charge in [-0.3, -0.25) is 4.79 Å². The van der Waals surface area contributed by atoms with Crippen molar-refractivity contribution in [2.75, 3.05) is 0 Å². The van der Waals surface area contributed by atoms with E-state index in [2.05, 4.69) is 10.5 Å². The Morgan fingerprint density at radius 3 is 2.47 bits per heavy atom. The quantitative estimate of drug-likeness (QED) is 0.375. The number of aryl methyl sites for hydroxylation is 2. The van der Waals surface area contributed by atoms with Crippen molar-refractivity contribution in [1.29, 1.82) is 0 Å². The maximum absolute atomic E-state index is 12.3. The Bertz CT molecular complexity index is 1170. The predicted octanol–water partition coefficient (Wildman–Crippen LogP) is 5.64. The van der Waals surface area contributed by atoms with Crippen molar-refractivity contribution < 1.29 is 18.5 Å². The summed E-state index contributed by atoms with van der Waals surface area (Å²) >= 11 is 5.92. The summed E-state index contributed by atoms with van der Waals surface area (Å²) in [7, 11) is 0. The molecule has 164 valence electrons. The third-order valence-electron chi connectivity index (χ3n) is 5.10. The molecule has 0 saturated heterocycles. The molecule has 2 heterocycles. The fraction of sp³-hybridized carbons (Fsp3) is 0.200. The Morgan fingerprint density at radius 1 is 1.03 bits per heavy atom. The van der Waals surface area contributed by atoms with E-state index in [1.165, 1.54) is 0 Å². The smallest absolute Gasteiger partial charge is 0.224 e. The molecule has 1 amide bonds.